The van der Waals surface area contributed by atoms with Crippen molar-refractivity contribution in [2.24, 2.45) is 0 Å². The van der Waals surface area contributed by atoms with Crippen LogP contribution in [0.1, 0.15) is 11.3 Å². The molecule has 0 fully saturated rings. The van der Waals surface area contributed by atoms with E-state index in [1.165, 1.54) is 0 Å². The van der Waals surface area contributed by atoms with Gasteiger partial charge >= 0.3 is 0 Å². The second-order valence-corrected chi connectivity index (χ2v) is 4.35. The monoisotopic (exact) mass is 268 g/mol. The topological polar surface area (TPSA) is 12.9 Å². The van der Waals surface area contributed by atoms with Gasteiger partial charge in [-0.3, -0.25) is 4.98 Å². The summed E-state index contributed by atoms with van der Waals surface area (Å²) in [6.07, 6.45) is 0. The fourth-order valence-electron chi connectivity index (χ4n) is 1.36. The van der Waals surface area contributed by atoms with Gasteiger partial charge in [-0.05, 0) is 47.5 Å². The van der Waals surface area contributed by atoms with Gasteiger partial charge in [-0.15, -0.1) is 0 Å². The van der Waals surface area contributed by atoms with E-state index in [1.807, 2.05) is 25.1 Å². The highest BCUT2D eigenvalue weighted by molar-refractivity contribution is 9.10. The van der Waals surface area contributed by atoms with E-state index < -0.39 is 0 Å². The highest BCUT2D eigenvalue weighted by Crippen LogP contribution is 2.32. The fraction of sp³-hybridized carbons (Fsp3) is 0.0909. The standard InChI is InChI=1S/C11H8BrClN/c1-6-3-4-9-8(5-6)11(13)10(12)7(2)14-9/h3-5H,1H2,2H3. The molecule has 1 heterocycles. The molecule has 0 spiro atoms. The zero-order valence-electron chi connectivity index (χ0n) is 7.64. The van der Waals surface area contributed by atoms with Crippen molar-refractivity contribution in [2.75, 3.05) is 0 Å². The SMILES string of the molecule is [CH2]c1ccc2nc(C)c(Br)c(Cl)c2c1. The highest BCUT2D eigenvalue weighted by atomic mass is 79.9. The molecule has 14 heavy (non-hydrogen) atoms. The van der Waals surface area contributed by atoms with Crippen LogP contribution in [0.15, 0.2) is 22.7 Å². The lowest BCUT2D eigenvalue weighted by Gasteiger charge is -2.06. The molecule has 1 aromatic carbocycles. The number of aromatic nitrogens is 1. The predicted molar refractivity (Wildman–Crippen MR) is 63.6 cm³/mol. The van der Waals surface area contributed by atoms with Crippen molar-refractivity contribution in [3.8, 4) is 0 Å². The smallest absolute Gasteiger partial charge is 0.0721 e. The van der Waals surface area contributed by atoms with Crippen molar-refractivity contribution in [1.82, 2.24) is 4.98 Å². The third kappa shape index (κ3) is 1.53. The third-order valence-electron chi connectivity index (χ3n) is 2.10. The molecule has 1 radical (unpaired) electrons. The van der Waals surface area contributed by atoms with E-state index in [4.69, 9.17) is 11.6 Å². The van der Waals surface area contributed by atoms with Gasteiger partial charge in [0.1, 0.15) is 0 Å². The van der Waals surface area contributed by atoms with E-state index in [0.717, 1.165) is 26.6 Å². The Bertz CT molecular complexity index is 508. The van der Waals surface area contributed by atoms with E-state index in [2.05, 4.69) is 27.8 Å². The minimum absolute atomic E-state index is 0.706. The number of halogens is 2. The zero-order valence-corrected chi connectivity index (χ0v) is 9.98. The van der Waals surface area contributed by atoms with Gasteiger partial charge in [0.2, 0.25) is 0 Å². The predicted octanol–water partition coefficient (Wildman–Crippen LogP) is 4.14. The largest absolute Gasteiger partial charge is 0.252 e. The molecular weight excluding hydrogens is 261 g/mol. The van der Waals surface area contributed by atoms with Crippen molar-refractivity contribution in [1.29, 1.82) is 0 Å². The van der Waals surface area contributed by atoms with E-state index >= 15 is 0 Å². The number of aryl methyl sites for hydroxylation is 1. The summed E-state index contributed by atoms with van der Waals surface area (Å²) >= 11 is 9.60. The number of nitrogens with zero attached hydrogens (tertiary/aromatic N) is 1. The molecule has 0 N–H and O–H groups in total. The van der Waals surface area contributed by atoms with Crippen LogP contribution in [-0.4, -0.2) is 4.98 Å². The van der Waals surface area contributed by atoms with Gasteiger partial charge in [-0.1, -0.05) is 17.7 Å². The lowest BCUT2D eigenvalue weighted by atomic mass is 10.1. The number of rotatable bonds is 0. The van der Waals surface area contributed by atoms with Crippen molar-refractivity contribution in [2.45, 2.75) is 6.92 Å². The molecule has 0 aliphatic rings. The van der Waals surface area contributed by atoms with Crippen molar-refractivity contribution < 1.29 is 0 Å². The third-order valence-corrected chi connectivity index (χ3v) is 3.69. The summed E-state index contributed by atoms with van der Waals surface area (Å²) in [4.78, 5) is 4.42. The molecule has 0 atom stereocenters. The maximum atomic E-state index is 6.19. The normalized spacial score (nSPS) is 10.9. The van der Waals surface area contributed by atoms with Crippen molar-refractivity contribution in [3.63, 3.8) is 0 Å². The van der Waals surface area contributed by atoms with Crippen LogP contribution < -0.4 is 0 Å². The summed E-state index contributed by atoms with van der Waals surface area (Å²) in [5.41, 5.74) is 2.75. The second-order valence-electron chi connectivity index (χ2n) is 3.18. The van der Waals surface area contributed by atoms with E-state index in [9.17, 15) is 0 Å². The van der Waals surface area contributed by atoms with Gasteiger partial charge in [0, 0.05) is 5.39 Å². The molecule has 0 saturated heterocycles. The van der Waals surface area contributed by atoms with Gasteiger partial charge in [0.15, 0.2) is 0 Å². The van der Waals surface area contributed by atoms with Gasteiger partial charge in [-0.2, -0.15) is 0 Å². The Labute approximate surface area is 96.2 Å². The minimum Gasteiger partial charge on any atom is -0.252 e. The molecule has 0 bridgehead atoms. The molecular formula is C11H8BrClN. The average molecular weight is 270 g/mol. The summed E-state index contributed by atoms with van der Waals surface area (Å²) in [5, 5.41) is 1.65. The van der Waals surface area contributed by atoms with Crippen LogP contribution in [0.3, 0.4) is 0 Å². The Morgan fingerprint density at radius 1 is 1.43 bits per heavy atom. The fourth-order valence-corrected chi connectivity index (χ4v) is 1.95. The minimum atomic E-state index is 0.706. The first kappa shape index (κ1) is 9.94. The molecule has 1 nitrogen and oxygen atoms in total. The van der Waals surface area contributed by atoms with E-state index in [1.54, 1.807) is 0 Å². The summed E-state index contributed by atoms with van der Waals surface area (Å²) in [6.45, 7) is 5.79. The van der Waals surface area contributed by atoms with Crippen LogP contribution in [0.2, 0.25) is 5.02 Å². The Balaban J connectivity index is 2.92. The maximum Gasteiger partial charge on any atom is 0.0721 e. The second kappa shape index (κ2) is 3.52. The molecule has 0 aliphatic carbocycles. The summed E-state index contributed by atoms with van der Waals surface area (Å²) < 4.78 is 0.859. The number of benzene rings is 1. The van der Waals surface area contributed by atoms with Crippen molar-refractivity contribution >= 4 is 38.4 Å². The van der Waals surface area contributed by atoms with Gasteiger partial charge in [0.25, 0.3) is 0 Å². The molecule has 0 unspecified atom stereocenters. The molecule has 1 aromatic heterocycles. The van der Waals surface area contributed by atoms with Crippen molar-refractivity contribution in [3.05, 3.63) is 45.9 Å². The number of pyridine rings is 1. The number of hydrogen-bond donors (Lipinski definition) is 0. The lowest BCUT2D eigenvalue weighted by molar-refractivity contribution is 1.23. The van der Waals surface area contributed by atoms with E-state index in [0.29, 0.717) is 5.02 Å². The van der Waals surface area contributed by atoms with Crippen LogP contribution in [0.5, 0.6) is 0 Å². The summed E-state index contributed by atoms with van der Waals surface area (Å²) in [7, 11) is 0. The first-order chi connectivity index (χ1) is 6.59. The van der Waals surface area contributed by atoms with Gasteiger partial charge in [0.05, 0.1) is 20.7 Å². The molecule has 71 valence electrons. The molecule has 0 aliphatic heterocycles. The van der Waals surface area contributed by atoms with Crippen LogP contribution >= 0.6 is 27.5 Å². The zero-order chi connectivity index (χ0) is 10.3. The number of hydrogen-bond acceptors (Lipinski definition) is 1. The Kier molecular flexibility index (Phi) is 2.50. The molecule has 0 saturated carbocycles. The summed E-state index contributed by atoms with van der Waals surface area (Å²) in [5.74, 6) is 0. The highest BCUT2D eigenvalue weighted by Gasteiger charge is 2.08. The van der Waals surface area contributed by atoms with E-state index in [-0.39, 0.29) is 0 Å². The quantitative estimate of drug-likeness (QED) is 0.700. The van der Waals surface area contributed by atoms with Crippen LogP contribution in [0, 0.1) is 13.8 Å². The Hall–Kier alpha value is -0.600. The molecule has 2 aromatic rings. The van der Waals surface area contributed by atoms with Gasteiger partial charge in [-0.25, -0.2) is 0 Å². The first-order valence-electron chi connectivity index (χ1n) is 4.17. The first-order valence-corrected chi connectivity index (χ1v) is 5.34. The van der Waals surface area contributed by atoms with Crippen LogP contribution in [0.4, 0.5) is 0 Å². The number of fused-ring (bicyclic) bond motifs is 1. The average Bonchev–Trinajstić information content (AvgIpc) is 2.16. The Morgan fingerprint density at radius 2 is 2.14 bits per heavy atom. The Morgan fingerprint density at radius 3 is 2.86 bits per heavy atom. The van der Waals surface area contributed by atoms with Gasteiger partial charge < -0.3 is 0 Å². The summed E-state index contributed by atoms with van der Waals surface area (Å²) in [6, 6.07) is 5.80. The molecule has 0 amide bonds. The molecule has 3 heteroatoms. The lowest BCUT2D eigenvalue weighted by Crippen LogP contribution is -1.88. The maximum absolute atomic E-state index is 6.19. The molecule has 2 rings (SSSR count). The van der Waals surface area contributed by atoms with Crippen LogP contribution in [0.25, 0.3) is 10.9 Å². The van der Waals surface area contributed by atoms with Crippen LogP contribution in [-0.2, 0) is 0 Å².